The molecule has 5 heteroatoms. The quantitative estimate of drug-likeness (QED) is 0.473. The van der Waals surface area contributed by atoms with Crippen molar-refractivity contribution >= 4 is 11.8 Å². The predicted octanol–water partition coefficient (Wildman–Crippen LogP) is 4.77. The van der Waals surface area contributed by atoms with E-state index in [-0.39, 0.29) is 12.0 Å². The Balaban J connectivity index is 1.94. The van der Waals surface area contributed by atoms with Crippen LogP contribution in [0.5, 0.6) is 0 Å². The third-order valence-corrected chi connectivity index (χ3v) is 5.50. The Morgan fingerprint density at radius 3 is 2.30 bits per heavy atom. The molecule has 0 saturated carbocycles. The highest BCUT2D eigenvalue weighted by atomic mass is 32.2. The van der Waals surface area contributed by atoms with Gasteiger partial charge in [0.05, 0.1) is 6.54 Å². The fraction of sp³-hybridized carbons (Fsp3) is 0.364. The van der Waals surface area contributed by atoms with Crippen molar-refractivity contribution in [2.45, 2.75) is 44.3 Å². The van der Waals surface area contributed by atoms with Crippen LogP contribution in [0.25, 0.3) is 11.4 Å². The zero-order valence-electron chi connectivity index (χ0n) is 16.2. The van der Waals surface area contributed by atoms with Crippen molar-refractivity contribution in [2.75, 3.05) is 12.4 Å². The summed E-state index contributed by atoms with van der Waals surface area (Å²) in [5, 5.41) is 18.9. The summed E-state index contributed by atoms with van der Waals surface area (Å²) >= 11 is 1.64. The lowest BCUT2D eigenvalue weighted by Crippen LogP contribution is -2.10. The molecule has 27 heavy (non-hydrogen) atoms. The summed E-state index contributed by atoms with van der Waals surface area (Å²) in [6, 6.07) is 19.0. The van der Waals surface area contributed by atoms with Crippen LogP contribution in [0.3, 0.4) is 0 Å². The largest absolute Gasteiger partial charge is 0.396 e. The van der Waals surface area contributed by atoms with E-state index >= 15 is 0 Å². The Hall–Kier alpha value is -2.11. The van der Waals surface area contributed by atoms with Gasteiger partial charge in [0.2, 0.25) is 0 Å². The van der Waals surface area contributed by atoms with Crippen LogP contribution < -0.4 is 0 Å². The van der Waals surface area contributed by atoms with Crippen molar-refractivity contribution in [3.05, 3.63) is 65.7 Å². The first-order chi connectivity index (χ1) is 13.0. The van der Waals surface area contributed by atoms with Gasteiger partial charge in [0.15, 0.2) is 11.0 Å². The standard InChI is InChI=1S/C22H27N3OS/c1-22(2,3)19-12-10-18(11-13-19)20-23-24-21(27-15-7-14-26)25(20)16-17-8-5-4-6-9-17/h4-6,8-13,26H,7,14-16H2,1-3H3. The second kappa shape index (κ2) is 8.72. The number of rotatable bonds is 7. The summed E-state index contributed by atoms with van der Waals surface area (Å²) in [6.45, 7) is 7.58. The fourth-order valence-electron chi connectivity index (χ4n) is 2.86. The number of hydrogen-bond acceptors (Lipinski definition) is 4. The van der Waals surface area contributed by atoms with Gasteiger partial charge in [0.1, 0.15) is 0 Å². The number of aliphatic hydroxyl groups is 1. The van der Waals surface area contributed by atoms with Gasteiger partial charge in [0, 0.05) is 17.9 Å². The molecule has 0 spiro atoms. The summed E-state index contributed by atoms with van der Waals surface area (Å²) in [5.41, 5.74) is 3.72. The van der Waals surface area contributed by atoms with E-state index in [9.17, 15) is 0 Å². The van der Waals surface area contributed by atoms with Crippen molar-refractivity contribution in [1.82, 2.24) is 14.8 Å². The molecule has 0 fully saturated rings. The lowest BCUT2D eigenvalue weighted by Gasteiger charge is -2.19. The number of nitrogens with zero attached hydrogens (tertiary/aromatic N) is 3. The Bertz CT molecular complexity index is 852. The minimum Gasteiger partial charge on any atom is -0.396 e. The molecule has 3 rings (SSSR count). The second-order valence-electron chi connectivity index (χ2n) is 7.63. The monoisotopic (exact) mass is 381 g/mol. The van der Waals surface area contributed by atoms with E-state index < -0.39 is 0 Å². The van der Waals surface area contributed by atoms with Gasteiger partial charge in [-0.15, -0.1) is 10.2 Å². The molecule has 0 aliphatic heterocycles. The molecular formula is C22H27N3OS. The van der Waals surface area contributed by atoms with Crippen molar-refractivity contribution < 1.29 is 5.11 Å². The number of aliphatic hydroxyl groups excluding tert-OH is 1. The van der Waals surface area contributed by atoms with Crippen LogP contribution in [0, 0.1) is 0 Å². The van der Waals surface area contributed by atoms with Crippen molar-refractivity contribution in [1.29, 1.82) is 0 Å². The van der Waals surface area contributed by atoms with Crippen LogP contribution in [0.4, 0.5) is 0 Å². The van der Waals surface area contributed by atoms with Crippen LogP contribution in [-0.4, -0.2) is 32.2 Å². The highest BCUT2D eigenvalue weighted by molar-refractivity contribution is 7.99. The van der Waals surface area contributed by atoms with Gasteiger partial charge in [-0.1, -0.05) is 87.1 Å². The first-order valence-corrected chi connectivity index (χ1v) is 10.3. The van der Waals surface area contributed by atoms with E-state index in [1.807, 2.05) is 6.07 Å². The van der Waals surface area contributed by atoms with Gasteiger partial charge in [-0.3, -0.25) is 4.57 Å². The molecule has 0 saturated heterocycles. The molecule has 0 atom stereocenters. The Morgan fingerprint density at radius 2 is 1.67 bits per heavy atom. The molecule has 1 heterocycles. The average molecular weight is 382 g/mol. The zero-order valence-corrected chi connectivity index (χ0v) is 17.0. The third kappa shape index (κ3) is 4.99. The molecule has 1 aromatic heterocycles. The van der Waals surface area contributed by atoms with Crippen LogP contribution in [-0.2, 0) is 12.0 Å². The first kappa shape index (κ1) is 19.6. The Kier molecular flexibility index (Phi) is 6.34. The van der Waals surface area contributed by atoms with E-state index in [1.54, 1.807) is 11.8 Å². The van der Waals surface area contributed by atoms with Crippen LogP contribution >= 0.6 is 11.8 Å². The SMILES string of the molecule is CC(C)(C)c1ccc(-c2nnc(SCCCO)n2Cc2ccccc2)cc1. The maximum Gasteiger partial charge on any atom is 0.191 e. The molecule has 0 radical (unpaired) electrons. The van der Waals surface area contributed by atoms with Gasteiger partial charge in [-0.05, 0) is 23.0 Å². The summed E-state index contributed by atoms with van der Waals surface area (Å²) in [5.74, 6) is 1.71. The van der Waals surface area contributed by atoms with E-state index in [1.165, 1.54) is 11.1 Å². The van der Waals surface area contributed by atoms with Gasteiger partial charge < -0.3 is 5.11 Å². The van der Waals surface area contributed by atoms with Crippen molar-refractivity contribution in [2.24, 2.45) is 0 Å². The molecule has 1 N–H and O–H groups in total. The topological polar surface area (TPSA) is 50.9 Å². The summed E-state index contributed by atoms with van der Waals surface area (Å²) in [4.78, 5) is 0. The molecule has 0 aliphatic carbocycles. The molecule has 2 aromatic carbocycles. The zero-order chi connectivity index (χ0) is 19.3. The minimum atomic E-state index is 0.127. The van der Waals surface area contributed by atoms with Crippen LogP contribution in [0.15, 0.2) is 59.8 Å². The van der Waals surface area contributed by atoms with Gasteiger partial charge in [-0.2, -0.15) is 0 Å². The average Bonchev–Trinajstić information content (AvgIpc) is 3.05. The minimum absolute atomic E-state index is 0.127. The van der Waals surface area contributed by atoms with E-state index in [0.717, 1.165) is 35.3 Å². The Morgan fingerprint density at radius 1 is 0.963 bits per heavy atom. The molecular weight excluding hydrogens is 354 g/mol. The van der Waals surface area contributed by atoms with Crippen molar-refractivity contribution in [3.63, 3.8) is 0 Å². The number of aromatic nitrogens is 3. The molecule has 142 valence electrons. The molecule has 0 unspecified atom stereocenters. The third-order valence-electron chi connectivity index (χ3n) is 4.44. The molecule has 0 bridgehead atoms. The maximum atomic E-state index is 9.07. The number of hydrogen-bond donors (Lipinski definition) is 1. The molecule has 0 aliphatic rings. The number of thioether (sulfide) groups is 1. The molecule has 0 amide bonds. The lowest BCUT2D eigenvalue weighted by atomic mass is 9.87. The summed E-state index contributed by atoms with van der Waals surface area (Å²) < 4.78 is 2.17. The summed E-state index contributed by atoms with van der Waals surface area (Å²) in [6.07, 6.45) is 0.748. The second-order valence-corrected chi connectivity index (χ2v) is 8.69. The van der Waals surface area contributed by atoms with E-state index in [0.29, 0.717) is 0 Å². The highest BCUT2D eigenvalue weighted by Gasteiger charge is 2.17. The van der Waals surface area contributed by atoms with E-state index in [2.05, 4.69) is 84.1 Å². The van der Waals surface area contributed by atoms with Gasteiger partial charge >= 0.3 is 0 Å². The van der Waals surface area contributed by atoms with Gasteiger partial charge in [0.25, 0.3) is 0 Å². The highest BCUT2D eigenvalue weighted by Crippen LogP contribution is 2.28. The molecule has 3 aromatic rings. The lowest BCUT2D eigenvalue weighted by molar-refractivity contribution is 0.296. The fourth-order valence-corrected chi connectivity index (χ4v) is 3.73. The van der Waals surface area contributed by atoms with Gasteiger partial charge in [-0.25, -0.2) is 0 Å². The summed E-state index contributed by atoms with van der Waals surface area (Å²) in [7, 11) is 0. The van der Waals surface area contributed by atoms with Crippen molar-refractivity contribution in [3.8, 4) is 11.4 Å². The van der Waals surface area contributed by atoms with Crippen LogP contribution in [0.2, 0.25) is 0 Å². The van der Waals surface area contributed by atoms with E-state index in [4.69, 9.17) is 5.11 Å². The smallest absolute Gasteiger partial charge is 0.191 e. The molecule has 4 nitrogen and oxygen atoms in total. The Labute approximate surface area is 165 Å². The van der Waals surface area contributed by atoms with Crippen LogP contribution in [0.1, 0.15) is 38.3 Å². The number of benzene rings is 2. The first-order valence-electron chi connectivity index (χ1n) is 9.31. The maximum absolute atomic E-state index is 9.07. The predicted molar refractivity (Wildman–Crippen MR) is 112 cm³/mol. The normalized spacial score (nSPS) is 11.7.